The van der Waals surface area contributed by atoms with Crippen molar-refractivity contribution in [3.05, 3.63) is 65.1 Å². The molecule has 0 bridgehead atoms. The number of amides is 2. The molecule has 0 radical (unpaired) electrons. The molecule has 25 heavy (non-hydrogen) atoms. The SMILES string of the molecule is CC(NC(=O)N(C)C(C)c1ccc(Cl)cc1)c1nnc2ccccn12. The van der Waals surface area contributed by atoms with E-state index in [-0.39, 0.29) is 18.1 Å². The summed E-state index contributed by atoms with van der Waals surface area (Å²) in [6, 6.07) is 12.6. The van der Waals surface area contributed by atoms with Crippen LogP contribution in [0.15, 0.2) is 48.7 Å². The molecule has 2 atom stereocenters. The zero-order valence-electron chi connectivity index (χ0n) is 14.3. The van der Waals surface area contributed by atoms with Crippen LogP contribution in [-0.4, -0.2) is 32.6 Å². The highest BCUT2D eigenvalue weighted by Crippen LogP contribution is 2.21. The molecule has 1 aromatic carbocycles. The Kier molecular flexibility index (Phi) is 4.90. The number of carbonyl (C=O) groups is 1. The Bertz CT molecular complexity index is 877. The molecule has 130 valence electrons. The van der Waals surface area contributed by atoms with Crippen LogP contribution in [0.25, 0.3) is 5.65 Å². The molecule has 3 aromatic rings. The third kappa shape index (κ3) is 3.58. The van der Waals surface area contributed by atoms with Gasteiger partial charge in [0.1, 0.15) is 0 Å². The van der Waals surface area contributed by atoms with Crippen molar-refractivity contribution >= 4 is 23.3 Å². The minimum absolute atomic E-state index is 0.0837. The molecular formula is C18H20ClN5O. The third-order valence-electron chi connectivity index (χ3n) is 4.32. The summed E-state index contributed by atoms with van der Waals surface area (Å²) >= 11 is 5.92. The predicted molar refractivity (Wildman–Crippen MR) is 97.6 cm³/mol. The number of nitrogens with zero attached hydrogens (tertiary/aromatic N) is 4. The molecule has 0 aliphatic carbocycles. The number of carbonyl (C=O) groups excluding carboxylic acids is 1. The van der Waals surface area contributed by atoms with E-state index in [0.717, 1.165) is 11.2 Å². The van der Waals surface area contributed by atoms with E-state index in [1.165, 1.54) is 0 Å². The Hall–Kier alpha value is -2.60. The zero-order valence-corrected chi connectivity index (χ0v) is 15.1. The summed E-state index contributed by atoms with van der Waals surface area (Å²) in [5, 5.41) is 12.0. The summed E-state index contributed by atoms with van der Waals surface area (Å²) in [7, 11) is 1.77. The molecule has 0 aliphatic heterocycles. The molecule has 3 rings (SSSR count). The lowest BCUT2D eigenvalue weighted by Crippen LogP contribution is -2.40. The van der Waals surface area contributed by atoms with E-state index in [1.807, 2.05) is 66.9 Å². The van der Waals surface area contributed by atoms with Gasteiger partial charge in [-0.05, 0) is 43.7 Å². The van der Waals surface area contributed by atoms with Gasteiger partial charge in [0.15, 0.2) is 11.5 Å². The van der Waals surface area contributed by atoms with E-state index in [9.17, 15) is 4.79 Å². The molecule has 0 saturated carbocycles. The van der Waals surface area contributed by atoms with Crippen molar-refractivity contribution in [2.75, 3.05) is 7.05 Å². The number of hydrogen-bond acceptors (Lipinski definition) is 3. The first-order chi connectivity index (χ1) is 12.0. The number of hydrogen-bond donors (Lipinski definition) is 1. The highest BCUT2D eigenvalue weighted by molar-refractivity contribution is 6.30. The molecule has 0 aliphatic rings. The van der Waals surface area contributed by atoms with Crippen LogP contribution in [0.5, 0.6) is 0 Å². The van der Waals surface area contributed by atoms with E-state index in [4.69, 9.17) is 11.6 Å². The number of aromatic nitrogens is 3. The fourth-order valence-corrected chi connectivity index (χ4v) is 2.77. The zero-order chi connectivity index (χ0) is 18.0. The van der Waals surface area contributed by atoms with Crippen LogP contribution in [0.3, 0.4) is 0 Å². The van der Waals surface area contributed by atoms with Crippen molar-refractivity contribution in [1.29, 1.82) is 0 Å². The van der Waals surface area contributed by atoms with Crippen LogP contribution in [0, 0.1) is 0 Å². The number of halogens is 1. The van der Waals surface area contributed by atoms with Gasteiger partial charge in [-0.2, -0.15) is 0 Å². The van der Waals surface area contributed by atoms with E-state index in [0.29, 0.717) is 10.8 Å². The molecule has 0 fully saturated rings. The third-order valence-corrected chi connectivity index (χ3v) is 4.57. The molecule has 0 spiro atoms. The summed E-state index contributed by atoms with van der Waals surface area (Å²) in [4.78, 5) is 14.3. The first kappa shape index (κ1) is 17.2. The van der Waals surface area contributed by atoms with Gasteiger partial charge >= 0.3 is 6.03 Å². The molecule has 7 heteroatoms. The Morgan fingerprint density at radius 1 is 1.16 bits per heavy atom. The second-order valence-corrected chi connectivity index (χ2v) is 6.43. The fraction of sp³-hybridized carbons (Fsp3) is 0.278. The van der Waals surface area contributed by atoms with Crippen molar-refractivity contribution in [3.63, 3.8) is 0 Å². The second kappa shape index (κ2) is 7.11. The summed E-state index contributed by atoms with van der Waals surface area (Å²) in [5.74, 6) is 0.691. The molecule has 0 saturated heterocycles. The van der Waals surface area contributed by atoms with Gasteiger partial charge in [0, 0.05) is 18.3 Å². The Morgan fingerprint density at radius 3 is 2.60 bits per heavy atom. The minimum Gasteiger partial charge on any atom is -0.328 e. The van der Waals surface area contributed by atoms with Crippen LogP contribution < -0.4 is 5.32 Å². The summed E-state index contributed by atoms with van der Waals surface area (Å²) in [6.45, 7) is 3.86. The van der Waals surface area contributed by atoms with Crippen molar-refractivity contribution in [2.24, 2.45) is 0 Å². The number of rotatable bonds is 4. The van der Waals surface area contributed by atoms with Gasteiger partial charge in [-0.25, -0.2) is 4.79 Å². The maximum atomic E-state index is 12.6. The second-order valence-electron chi connectivity index (χ2n) is 6.00. The molecule has 2 unspecified atom stereocenters. The van der Waals surface area contributed by atoms with Crippen LogP contribution in [-0.2, 0) is 0 Å². The normalized spacial score (nSPS) is 13.4. The predicted octanol–water partition coefficient (Wildman–Crippen LogP) is 3.85. The average molecular weight is 358 g/mol. The van der Waals surface area contributed by atoms with Crippen molar-refractivity contribution in [3.8, 4) is 0 Å². The molecule has 2 heterocycles. The van der Waals surface area contributed by atoms with Gasteiger partial charge in [0.05, 0.1) is 12.1 Å². The highest BCUT2D eigenvalue weighted by atomic mass is 35.5. The number of benzene rings is 1. The minimum atomic E-state index is -0.273. The lowest BCUT2D eigenvalue weighted by molar-refractivity contribution is 0.190. The van der Waals surface area contributed by atoms with Crippen LogP contribution >= 0.6 is 11.6 Å². The van der Waals surface area contributed by atoms with Crippen molar-refractivity contribution in [1.82, 2.24) is 24.8 Å². The lowest BCUT2D eigenvalue weighted by Gasteiger charge is -2.27. The van der Waals surface area contributed by atoms with Crippen molar-refractivity contribution < 1.29 is 4.79 Å². The van der Waals surface area contributed by atoms with Crippen LogP contribution in [0.2, 0.25) is 5.02 Å². The van der Waals surface area contributed by atoms with Crippen LogP contribution in [0.4, 0.5) is 4.79 Å². The van der Waals surface area contributed by atoms with E-state index in [2.05, 4.69) is 15.5 Å². The molecule has 6 nitrogen and oxygen atoms in total. The quantitative estimate of drug-likeness (QED) is 0.771. The van der Waals surface area contributed by atoms with Gasteiger partial charge in [-0.3, -0.25) is 4.40 Å². The Labute approximate surface area is 151 Å². The fourth-order valence-electron chi connectivity index (χ4n) is 2.65. The first-order valence-electron chi connectivity index (χ1n) is 8.06. The van der Waals surface area contributed by atoms with E-state index >= 15 is 0 Å². The number of fused-ring (bicyclic) bond motifs is 1. The number of urea groups is 1. The van der Waals surface area contributed by atoms with Gasteiger partial charge in [-0.15, -0.1) is 10.2 Å². The summed E-state index contributed by atoms with van der Waals surface area (Å²) in [6.07, 6.45) is 1.88. The van der Waals surface area contributed by atoms with Crippen LogP contribution in [0.1, 0.15) is 37.3 Å². The maximum absolute atomic E-state index is 12.6. The average Bonchev–Trinajstić information content (AvgIpc) is 3.05. The molecule has 2 aromatic heterocycles. The topological polar surface area (TPSA) is 62.5 Å². The number of nitrogens with one attached hydrogen (secondary N) is 1. The van der Waals surface area contributed by atoms with Gasteiger partial charge in [-0.1, -0.05) is 29.8 Å². The largest absolute Gasteiger partial charge is 0.328 e. The Morgan fingerprint density at radius 2 is 1.88 bits per heavy atom. The summed E-state index contributed by atoms with van der Waals surface area (Å²) < 4.78 is 1.87. The first-order valence-corrected chi connectivity index (χ1v) is 8.43. The number of pyridine rings is 1. The van der Waals surface area contributed by atoms with Gasteiger partial charge < -0.3 is 10.2 Å². The lowest BCUT2D eigenvalue weighted by atomic mass is 10.1. The maximum Gasteiger partial charge on any atom is 0.318 e. The smallest absolute Gasteiger partial charge is 0.318 e. The van der Waals surface area contributed by atoms with Crippen molar-refractivity contribution in [2.45, 2.75) is 25.9 Å². The van der Waals surface area contributed by atoms with E-state index < -0.39 is 0 Å². The molecule has 2 amide bonds. The summed E-state index contributed by atoms with van der Waals surface area (Å²) in [5.41, 5.74) is 1.77. The van der Waals surface area contributed by atoms with Gasteiger partial charge in [0.2, 0.25) is 0 Å². The monoisotopic (exact) mass is 357 g/mol. The van der Waals surface area contributed by atoms with Gasteiger partial charge in [0.25, 0.3) is 0 Å². The van der Waals surface area contributed by atoms with E-state index in [1.54, 1.807) is 11.9 Å². The standard InChI is InChI=1S/C18H20ClN5O/c1-12(17-22-21-16-6-4-5-11-24(16)17)20-18(25)23(3)13(2)14-7-9-15(19)10-8-14/h4-13H,1-3H3,(H,20,25). The molecule has 1 N–H and O–H groups in total. The Balaban J connectivity index is 1.71. The molecular weight excluding hydrogens is 338 g/mol. The highest BCUT2D eigenvalue weighted by Gasteiger charge is 2.21.